The van der Waals surface area contributed by atoms with E-state index in [1.54, 1.807) is 60.8 Å². The Morgan fingerprint density at radius 3 is 1.93 bits per heavy atom. The van der Waals surface area contributed by atoms with E-state index in [1.807, 2.05) is 24.3 Å². The highest BCUT2D eigenvalue weighted by Crippen LogP contribution is 2.44. The third-order valence-corrected chi connectivity index (χ3v) is 22.0. The molecule has 0 saturated carbocycles. The van der Waals surface area contributed by atoms with Gasteiger partial charge >= 0.3 is 0 Å². The number of para-hydroxylation sites is 1. The number of aliphatic hydroxyl groups excluding tert-OH is 1. The van der Waals surface area contributed by atoms with Gasteiger partial charge < -0.3 is 84.8 Å². The van der Waals surface area contributed by atoms with Crippen LogP contribution in [0.2, 0.25) is 0 Å². The van der Waals surface area contributed by atoms with Gasteiger partial charge in [0.15, 0.2) is 11.7 Å². The molecule has 106 heavy (non-hydrogen) atoms. The number of hydrogen-bond donors (Lipinski definition) is 15. The maximum absolute atomic E-state index is 15.3. The normalized spacial score (nSPS) is 24.4. The second-order valence-corrected chi connectivity index (χ2v) is 30.0. The van der Waals surface area contributed by atoms with E-state index in [0.717, 1.165) is 35.8 Å². The second-order valence-electron chi connectivity index (χ2n) is 28.4. The van der Waals surface area contributed by atoms with Crippen LogP contribution in [-0.2, 0) is 81.3 Å². The Hall–Kier alpha value is -9.87. The first-order valence-electron chi connectivity index (χ1n) is 36.9. The Balaban J connectivity index is 0.966. The Morgan fingerprint density at radius 2 is 1.24 bits per heavy atom. The molecule has 566 valence electrons. The maximum atomic E-state index is 15.3. The third kappa shape index (κ3) is 21.9. The van der Waals surface area contributed by atoms with Crippen LogP contribution in [0.3, 0.4) is 0 Å². The lowest BCUT2D eigenvalue weighted by Crippen LogP contribution is -2.61. The summed E-state index contributed by atoms with van der Waals surface area (Å²) in [5, 5.41) is 46.8. The lowest BCUT2D eigenvalue weighted by molar-refractivity contribution is -0.136. The molecule has 2 saturated heterocycles. The molecule has 2 aliphatic heterocycles. The predicted octanol–water partition coefficient (Wildman–Crippen LogP) is 2.88. The van der Waals surface area contributed by atoms with Gasteiger partial charge in [-0.15, -0.1) is 0 Å². The number of nitrogens with zero attached hydrogens (tertiary/aromatic N) is 3. The molecule has 5 heterocycles. The number of nitrogens with one attached hydrogen (secondary N) is 10. The number of piperidine rings is 1. The van der Waals surface area contributed by atoms with Gasteiger partial charge in [-0.2, -0.15) is 0 Å². The van der Waals surface area contributed by atoms with Gasteiger partial charge in [-0.25, -0.2) is 0 Å². The number of aliphatic imine (C=N–C) groups is 1. The molecule has 27 nitrogen and oxygen atoms in total. The first kappa shape index (κ1) is 78.7. The fourth-order valence-corrected chi connectivity index (χ4v) is 16.2. The number of aliphatic hydroxyl groups is 1. The quantitative estimate of drug-likeness (QED) is 0.0249. The van der Waals surface area contributed by atoms with E-state index in [4.69, 9.17) is 17.2 Å². The molecule has 4 aromatic carbocycles. The number of amides is 7. The number of Topliss-reactive ketones (excluding diaryl/α,β-unsaturated/α-hetero) is 1. The van der Waals surface area contributed by atoms with Crippen molar-refractivity contribution in [1.82, 2.24) is 62.4 Å². The zero-order chi connectivity index (χ0) is 75.2. The molecule has 2 fully saturated rings. The standard InChI is InChI=1S/C78H102N16O11S/c1-47(95)70-77(104)89-63(38-49-25-27-54(96)28-26-49)68(97)24-8-4-7-20-60(83-35-36-106(105)46-51-37-57-56-18-13-22-59-69(56)53(44-86-59)42-67(57)94(2)45-51)71(98)87-62(23-14-32-84-78(80)81)72(99)90-64(39-48-15-5-3-6-16-48)74(101)91-65(40-50-29-33-82-34-30-50)75(102)92-66(41-52-43-85-58-19-10-9-17-55(52)58)76(103)88-61(73(100)93-70)21-11-12-31-79/h3,5-6,9-10,13,15-19,22,25-30,33-34,43-44,47,51,57,60-67,70,83,85-86,95-96H,4,7-8,11-12,14,20-21,23-24,31-32,35-42,45-46,79H2,1-2H3,(H,87,98)(H,88,103)(H,89,104)(H,90,99)(H,91,101)(H,92,102)(H,93,100)(H4,80,81,84)/t47-,51-,57-,60-,61+,62+,63+,64+,65+,66-,67-,70+,106-/m1/s1. The number of ketones is 1. The molecule has 0 spiro atoms. The van der Waals surface area contributed by atoms with Crippen LogP contribution >= 0.6 is 0 Å². The van der Waals surface area contributed by atoms with Crippen LogP contribution in [0.1, 0.15) is 117 Å². The number of pyridine rings is 1. The molecule has 3 aliphatic rings. The number of rotatable bonds is 23. The van der Waals surface area contributed by atoms with Crippen molar-refractivity contribution in [1.29, 1.82) is 0 Å². The molecule has 0 unspecified atom stereocenters. The fourth-order valence-electron chi connectivity index (χ4n) is 14.9. The van der Waals surface area contributed by atoms with Gasteiger partial charge in [-0.05, 0) is 160 Å². The van der Waals surface area contributed by atoms with Gasteiger partial charge in [0.1, 0.15) is 42.0 Å². The largest absolute Gasteiger partial charge is 0.508 e. The molecule has 7 aromatic rings. The fraction of sp³-hybridized carbons (Fsp3) is 0.462. The van der Waals surface area contributed by atoms with Gasteiger partial charge in [0.25, 0.3) is 0 Å². The van der Waals surface area contributed by atoms with Gasteiger partial charge in [0, 0.05) is 126 Å². The number of guanidine groups is 1. The first-order valence-corrected chi connectivity index (χ1v) is 38.4. The number of carbonyl (C=O) groups is 8. The summed E-state index contributed by atoms with van der Waals surface area (Å²) in [4.78, 5) is 137. The van der Waals surface area contributed by atoms with Crippen LogP contribution in [-0.4, -0.2) is 193 Å². The Labute approximate surface area is 619 Å². The summed E-state index contributed by atoms with van der Waals surface area (Å²) in [6, 6.07) is 21.6. The highest BCUT2D eigenvalue weighted by Gasteiger charge is 2.41. The van der Waals surface area contributed by atoms with Crippen molar-refractivity contribution in [2.24, 2.45) is 28.1 Å². The topological polar surface area (TPSA) is 428 Å². The molecule has 10 rings (SSSR count). The van der Waals surface area contributed by atoms with E-state index < -0.39 is 107 Å². The summed E-state index contributed by atoms with van der Waals surface area (Å²) in [6.45, 7) is 2.56. The zero-order valence-corrected chi connectivity index (χ0v) is 61.1. The van der Waals surface area contributed by atoms with E-state index in [1.165, 1.54) is 48.0 Å². The Morgan fingerprint density at radius 1 is 0.642 bits per heavy atom. The zero-order valence-electron chi connectivity index (χ0n) is 60.2. The number of nitrogens with two attached hydrogens (primary N) is 3. The van der Waals surface area contributed by atoms with E-state index in [0.29, 0.717) is 66.2 Å². The van der Waals surface area contributed by atoms with Crippen LogP contribution < -0.4 is 59.7 Å². The first-order chi connectivity index (χ1) is 51.2. The minimum Gasteiger partial charge on any atom is -0.508 e. The van der Waals surface area contributed by atoms with Crippen LogP contribution in [0.4, 0.5) is 0 Å². The van der Waals surface area contributed by atoms with Crippen molar-refractivity contribution < 1.29 is 52.8 Å². The highest BCUT2D eigenvalue weighted by molar-refractivity contribution is 7.85. The van der Waals surface area contributed by atoms with Crippen molar-refractivity contribution >= 4 is 85.7 Å². The van der Waals surface area contributed by atoms with Gasteiger partial charge in [0.05, 0.1) is 18.2 Å². The van der Waals surface area contributed by atoms with Gasteiger partial charge in [0.2, 0.25) is 41.4 Å². The monoisotopic (exact) mass is 1470 g/mol. The Bertz CT molecular complexity index is 4190. The minimum absolute atomic E-state index is 0.000201. The summed E-state index contributed by atoms with van der Waals surface area (Å²) in [7, 11) is 0.822. The van der Waals surface area contributed by atoms with E-state index in [2.05, 4.69) is 98.8 Å². The maximum Gasteiger partial charge on any atom is 0.245 e. The number of benzene rings is 4. The number of fused-ring (bicyclic) bond motifs is 3. The second kappa shape index (κ2) is 38.4. The SMILES string of the molecule is C[C@@H](O)[C@@H]1NC(=O)[C@H](CCCCN)NC(=O)[C@@H](Cc2c[nH]c3ccccc23)NC(=O)[C@H](Cc2ccncc2)NC(=O)[C@H](Cc2ccccc2)NC(=O)[C@H](CCCN=C(N)N)NC(=O)[C@H](NCC[S@@](=O)C[C@@H]2C[C@@H]3c4cccc5[nH]cc(c45)C[C@H]3N(C)C2)CCCCCC(=O)[C@H](Cc2ccc(O)cc2)NC1=O. The van der Waals surface area contributed by atoms with Crippen LogP contribution in [0.5, 0.6) is 5.75 Å². The Kier molecular flexibility index (Phi) is 28.5. The molecule has 18 N–H and O–H groups in total. The molecule has 0 bridgehead atoms. The van der Waals surface area contributed by atoms with E-state index in [9.17, 15) is 28.8 Å². The number of phenolic OH excluding ortho intramolecular Hbond substituents is 1. The third-order valence-electron chi connectivity index (χ3n) is 20.5. The smallest absolute Gasteiger partial charge is 0.245 e. The number of aromatic hydroxyl groups is 1. The molecule has 0 radical (unpaired) electrons. The minimum atomic E-state index is -1.66. The van der Waals surface area contributed by atoms with Gasteiger partial charge in [-0.3, -0.25) is 52.5 Å². The summed E-state index contributed by atoms with van der Waals surface area (Å²) in [5.74, 6) is -5.06. The number of likely N-dealkylation sites (N-methyl/N-ethyl adjacent to an activating group) is 1. The average Bonchev–Trinajstić information content (AvgIpc) is 1.51. The van der Waals surface area contributed by atoms with Crippen molar-refractivity contribution in [2.75, 3.05) is 44.7 Å². The number of unbranched alkanes of at least 4 members (excludes halogenated alkanes) is 1. The van der Waals surface area contributed by atoms with Crippen LogP contribution in [0, 0.1) is 5.92 Å². The molecular weight excluding hydrogens is 1370 g/mol. The number of aromatic nitrogens is 3. The van der Waals surface area contributed by atoms with Crippen molar-refractivity contribution in [3.05, 3.63) is 167 Å². The average molecular weight is 1470 g/mol. The van der Waals surface area contributed by atoms with Crippen molar-refractivity contribution in [2.45, 2.75) is 176 Å². The summed E-state index contributed by atoms with van der Waals surface area (Å²) >= 11 is 0. The molecule has 28 heteroatoms. The number of carbonyl (C=O) groups excluding carboxylic acids is 8. The number of hydrogen-bond acceptors (Lipinski definition) is 16. The van der Waals surface area contributed by atoms with Gasteiger partial charge in [-0.1, -0.05) is 85.6 Å². The van der Waals surface area contributed by atoms with Crippen LogP contribution in [0.15, 0.2) is 139 Å². The van der Waals surface area contributed by atoms with E-state index >= 15 is 24.0 Å². The predicted molar refractivity (Wildman–Crippen MR) is 407 cm³/mol. The van der Waals surface area contributed by atoms with Crippen molar-refractivity contribution in [3.63, 3.8) is 0 Å². The molecular formula is C78H102N16O11S. The number of likely N-dealkylation sites (tertiary alicyclic amines) is 1. The summed E-state index contributed by atoms with van der Waals surface area (Å²) in [5.41, 5.74) is 24.3. The number of H-pyrrole nitrogens is 2. The lowest BCUT2D eigenvalue weighted by Gasteiger charge is -2.45. The summed E-state index contributed by atoms with van der Waals surface area (Å²) < 4.78 is 14.3. The van der Waals surface area contributed by atoms with E-state index in [-0.39, 0.29) is 113 Å². The molecule has 3 aromatic heterocycles. The highest BCUT2D eigenvalue weighted by atomic mass is 32.2. The number of phenols is 1. The van der Waals surface area contributed by atoms with Crippen LogP contribution in [0.25, 0.3) is 21.8 Å². The van der Waals surface area contributed by atoms with Crippen molar-refractivity contribution in [3.8, 4) is 5.75 Å². The summed E-state index contributed by atoms with van der Waals surface area (Å²) in [6.07, 6.45) is 8.88. The molecule has 1 aliphatic carbocycles. The molecule has 7 amide bonds. The lowest BCUT2D eigenvalue weighted by atomic mass is 9.73. The molecule has 13 atom stereocenters. The number of aromatic amines is 2.